The smallest absolute Gasteiger partial charge is 0.315 e. The van der Waals surface area contributed by atoms with Crippen molar-refractivity contribution in [3.05, 3.63) is 35.4 Å². The van der Waals surface area contributed by atoms with E-state index in [0.717, 1.165) is 6.42 Å². The van der Waals surface area contributed by atoms with Gasteiger partial charge < -0.3 is 15.7 Å². The van der Waals surface area contributed by atoms with Crippen molar-refractivity contribution in [3.63, 3.8) is 0 Å². The van der Waals surface area contributed by atoms with Gasteiger partial charge in [-0.05, 0) is 24.5 Å². The third-order valence-corrected chi connectivity index (χ3v) is 3.49. The number of benzene rings is 1. The van der Waals surface area contributed by atoms with Crippen molar-refractivity contribution in [2.75, 3.05) is 13.2 Å². The lowest BCUT2D eigenvalue weighted by atomic mass is 9.84. The highest BCUT2D eigenvalue weighted by Gasteiger charge is 2.21. The number of amides is 2. The lowest BCUT2D eigenvalue weighted by Crippen LogP contribution is -2.46. The van der Waals surface area contributed by atoms with Gasteiger partial charge in [-0.15, -0.1) is 0 Å². The topological polar surface area (TPSA) is 61.4 Å². The molecule has 3 N–H and O–H groups in total. The summed E-state index contributed by atoms with van der Waals surface area (Å²) in [7, 11) is 0. The summed E-state index contributed by atoms with van der Waals surface area (Å²) >= 11 is 0. The number of aryl methyl sites for hydroxylation is 1. The second-order valence-corrected chi connectivity index (χ2v) is 5.84. The van der Waals surface area contributed by atoms with Gasteiger partial charge in [-0.25, -0.2) is 4.79 Å². The summed E-state index contributed by atoms with van der Waals surface area (Å²) in [6, 6.07) is 8.02. The molecule has 1 atom stereocenters. The van der Waals surface area contributed by atoms with Crippen LogP contribution in [0.2, 0.25) is 0 Å². The van der Waals surface area contributed by atoms with Crippen LogP contribution in [0.4, 0.5) is 4.79 Å². The SMILES string of the molecule is CCc1ccc(C(C)(C)CNC(=O)NC(C)CO)cc1. The molecule has 0 aliphatic heterocycles. The molecule has 4 nitrogen and oxygen atoms in total. The van der Waals surface area contributed by atoms with Crippen LogP contribution in [0.25, 0.3) is 0 Å². The molecule has 1 unspecified atom stereocenters. The Morgan fingerprint density at radius 2 is 1.90 bits per heavy atom. The van der Waals surface area contributed by atoms with Gasteiger partial charge in [-0.2, -0.15) is 0 Å². The first kappa shape index (κ1) is 16.5. The number of nitrogens with one attached hydrogen (secondary N) is 2. The van der Waals surface area contributed by atoms with Crippen molar-refractivity contribution in [3.8, 4) is 0 Å². The third-order valence-electron chi connectivity index (χ3n) is 3.49. The number of aliphatic hydroxyl groups is 1. The second-order valence-electron chi connectivity index (χ2n) is 5.84. The van der Waals surface area contributed by atoms with Crippen molar-refractivity contribution < 1.29 is 9.90 Å². The number of hydrogen-bond donors (Lipinski definition) is 3. The Morgan fingerprint density at radius 3 is 2.40 bits per heavy atom. The summed E-state index contributed by atoms with van der Waals surface area (Å²) in [4.78, 5) is 11.7. The van der Waals surface area contributed by atoms with Gasteiger partial charge in [0, 0.05) is 12.0 Å². The van der Waals surface area contributed by atoms with E-state index in [1.54, 1.807) is 6.92 Å². The summed E-state index contributed by atoms with van der Waals surface area (Å²) in [5, 5.41) is 14.4. The number of rotatable bonds is 6. The van der Waals surface area contributed by atoms with Gasteiger partial charge in [0.25, 0.3) is 0 Å². The molecule has 0 radical (unpaired) electrons. The fourth-order valence-corrected chi connectivity index (χ4v) is 1.92. The van der Waals surface area contributed by atoms with Crippen molar-refractivity contribution in [2.24, 2.45) is 0 Å². The Hall–Kier alpha value is -1.55. The molecule has 1 rings (SSSR count). The van der Waals surface area contributed by atoms with Crippen LogP contribution in [0.1, 0.15) is 38.8 Å². The molecular weight excluding hydrogens is 252 g/mol. The van der Waals surface area contributed by atoms with Crippen molar-refractivity contribution >= 4 is 6.03 Å². The first-order valence-electron chi connectivity index (χ1n) is 7.13. The molecule has 0 bridgehead atoms. The maximum absolute atomic E-state index is 11.7. The van der Waals surface area contributed by atoms with Crippen LogP contribution in [0.5, 0.6) is 0 Å². The average Bonchev–Trinajstić information content (AvgIpc) is 2.45. The molecule has 4 heteroatoms. The van der Waals surface area contributed by atoms with Gasteiger partial charge in [-0.3, -0.25) is 0 Å². The molecule has 0 spiro atoms. The van der Waals surface area contributed by atoms with Crippen LogP contribution >= 0.6 is 0 Å². The minimum absolute atomic E-state index is 0.0602. The molecule has 1 aromatic carbocycles. The summed E-state index contributed by atoms with van der Waals surface area (Å²) in [6.07, 6.45) is 1.03. The molecule has 0 fully saturated rings. The van der Waals surface area contributed by atoms with E-state index in [0.29, 0.717) is 6.54 Å². The van der Waals surface area contributed by atoms with Crippen LogP contribution in [-0.4, -0.2) is 30.3 Å². The van der Waals surface area contributed by atoms with Gasteiger partial charge in [0.2, 0.25) is 0 Å². The van der Waals surface area contributed by atoms with Crippen LogP contribution in [0.3, 0.4) is 0 Å². The van der Waals surface area contributed by atoms with E-state index >= 15 is 0 Å². The number of carbonyl (C=O) groups is 1. The van der Waals surface area contributed by atoms with Gasteiger partial charge in [0.05, 0.1) is 12.6 Å². The Kier molecular flexibility index (Phi) is 6.02. The summed E-state index contributed by atoms with van der Waals surface area (Å²) in [5.41, 5.74) is 2.38. The van der Waals surface area contributed by atoms with Gasteiger partial charge >= 0.3 is 6.03 Å². The number of hydrogen-bond acceptors (Lipinski definition) is 2. The fourth-order valence-electron chi connectivity index (χ4n) is 1.92. The molecule has 2 amide bonds. The quantitative estimate of drug-likeness (QED) is 0.747. The number of aliphatic hydroxyl groups excluding tert-OH is 1. The Bertz CT molecular complexity index is 427. The molecule has 1 aromatic rings. The normalized spacial score (nSPS) is 12.8. The predicted octanol–water partition coefficient (Wildman–Crippen LogP) is 2.21. The summed E-state index contributed by atoms with van der Waals surface area (Å²) in [6.45, 7) is 8.58. The van der Waals surface area contributed by atoms with Crippen LogP contribution in [0.15, 0.2) is 24.3 Å². The highest BCUT2D eigenvalue weighted by molar-refractivity contribution is 5.74. The fraction of sp³-hybridized carbons (Fsp3) is 0.562. The zero-order chi connectivity index (χ0) is 15.2. The zero-order valence-corrected chi connectivity index (χ0v) is 12.9. The zero-order valence-electron chi connectivity index (χ0n) is 12.9. The molecule has 112 valence electrons. The van der Waals surface area contributed by atoms with E-state index in [4.69, 9.17) is 5.11 Å². The van der Waals surface area contributed by atoms with Crippen LogP contribution in [0, 0.1) is 0 Å². The largest absolute Gasteiger partial charge is 0.394 e. The molecule has 0 aliphatic carbocycles. The highest BCUT2D eigenvalue weighted by Crippen LogP contribution is 2.22. The first-order chi connectivity index (χ1) is 9.39. The monoisotopic (exact) mass is 278 g/mol. The summed E-state index contributed by atoms with van der Waals surface area (Å²) in [5.74, 6) is 0. The predicted molar refractivity (Wildman–Crippen MR) is 81.9 cm³/mol. The Morgan fingerprint density at radius 1 is 1.30 bits per heavy atom. The van der Waals surface area contributed by atoms with Gasteiger partial charge in [0.15, 0.2) is 0 Å². The minimum atomic E-state index is -0.246. The first-order valence-corrected chi connectivity index (χ1v) is 7.13. The molecule has 0 aromatic heterocycles. The highest BCUT2D eigenvalue weighted by atomic mass is 16.3. The maximum Gasteiger partial charge on any atom is 0.315 e. The standard InChI is InChI=1S/C16H26N2O2/c1-5-13-6-8-14(9-7-13)16(3,4)11-17-15(20)18-12(2)10-19/h6-9,12,19H,5,10-11H2,1-4H3,(H2,17,18,20). The van der Waals surface area contributed by atoms with E-state index in [1.165, 1.54) is 11.1 Å². The van der Waals surface area contributed by atoms with Crippen molar-refractivity contribution in [1.29, 1.82) is 0 Å². The van der Waals surface area contributed by atoms with E-state index in [9.17, 15) is 4.79 Å². The molecular formula is C16H26N2O2. The van der Waals surface area contributed by atoms with Crippen LogP contribution in [-0.2, 0) is 11.8 Å². The van der Waals surface area contributed by atoms with Gasteiger partial charge in [0.1, 0.15) is 0 Å². The second kappa shape index (κ2) is 7.29. The lowest BCUT2D eigenvalue weighted by Gasteiger charge is -2.26. The Labute approximate surface area is 121 Å². The van der Waals surface area contributed by atoms with Gasteiger partial charge in [-0.1, -0.05) is 45.0 Å². The van der Waals surface area contributed by atoms with E-state index in [1.807, 2.05) is 0 Å². The summed E-state index contributed by atoms with van der Waals surface area (Å²) < 4.78 is 0. The van der Waals surface area contributed by atoms with Crippen LogP contribution < -0.4 is 10.6 Å². The third kappa shape index (κ3) is 4.85. The molecule has 0 saturated carbocycles. The lowest BCUT2D eigenvalue weighted by molar-refractivity contribution is 0.218. The van der Waals surface area contributed by atoms with E-state index in [2.05, 4.69) is 55.7 Å². The number of urea groups is 1. The minimum Gasteiger partial charge on any atom is -0.394 e. The molecule has 0 heterocycles. The van der Waals surface area contributed by atoms with E-state index < -0.39 is 0 Å². The average molecular weight is 278 g/mol. The molecule has 0 aliphatic rings. The maximum atomic E-state index is 11.7. The molecule has 20 heavy (non-hydrogen) atoms. The van der Waals surface area contributed by atoms with Crippen molar-refractivity contribution in [1.82, 2.24) is 10.6 Å². The number of carbonyl (C=O) groups excluding carboxylic acids is 1. The Balaban J connectivity index is 2.57. The van der Waals surface area contributed by atoms with Crippen molar-refractivity contribution in [2.45, 2.75) is 45.6 Å². The molecule has 0 saturated heterocycles. The van der Waals surface area contributed by atoms with E-state index in [-0.39, 0.29) is 24.1 Å².